The van der Waals surface area contributed by atoms with Crippen molar-refractivity contribution in [2.75, 3.05) is 0 Å². The fraction of sp³-hybridized carbons (Fsp3) is 0.200. The summed E-state index contributed by atoms with van der Waals surface area (Å²) in [7, 11) is 0. The average molecular weight is 211 g/mol. The molecule has 0 saturated carbocycles. The summed E-state index contributed by atoms with van der Waals surface area (Å²) in [6.45, 7) is 1.01. The Bertz CT molecular complexity index is 468. The van der Waals surface area contributed by atoms with E-state index in [0.717, 1.165) is 6.92 Å². The molecule has 0 spiro atoms. The van der Waals surface area contributed by atoms with E-state index < -0.39 is 23.0 Å². The van der Waals surface area contributed by atoms with E-state index in [9.17, 15) is 19.2 Å². The second-order valence-electron chi connectivity index (χ2n) is 2.07. The first-order valence-corrected chi connectivity index (χ1v) is 3.15. The van der Waals surface area contributed by atoms with Gasteiger partial charge in [0.2, 0.25) is 0 Å². The Labute approximate surface area is 99.6 Å². The predicted octanol–water partition coefficient (Wildman–Crippen LogP) is -5.68. The maximum absolute atomic E-state index is 10.8. The van der Waals surface area contributed by atoms with Crippen LogP contribution in [0.1, 0.15) is 8.35 Å². The number of rotatable bonds is 1. The van der Waals surface area contributed by atoms with E-state index in [0.29, 0.717) is 0 Å². The van der Waals surface area contributed by atoms with Gasteiger partial charge in [0.15, 0.2) is 0 Å². The Balaban J connectivity index is 0. The molecule has 0 bridgehead atoms. The van der Waals surface area contributed by atoms with Gasteiger partial charge >= 0.3 is 52.6 Å². The zero-order chi connectivity index (χ0) is 10.0. The fourth-order valence-electron chi connectivity index (χ4n) is 0.631. The Kier molecular flexibility index (Phi) is 4.54. The standard InChI is InChI=1S/C5H5N3O5.Na.H/c1-2(9)13-8-4(11)6-3(10)7-5(8)12;;/h1H3,(H2,6,7,10,11,12);;/q;+1;-1. The quantitative estimate of drug-likeness (QED) is 0.449. The van der Waals surface area contributed by atoms with Crippen molar-refractivity contribution >= 4 is 5.97 Å². The Morgan fingerprint density at radius 1 is 1.29 bits per heavy atom. The van der Waals surface area contributed by atoms with Gasteiger partial charge in [-0.3, -0.25) is 9.97 Å². The molecule has 9 heteroatoms. The van der Waals surface area contributed by atoms with Crippen LogP contribution in [0.3, 0.4) is 0 Å². The summed E-state index contributed by atoms with van der Waals surface area (Å²) >= 11 is 0. The van der Waals surface area contributed by atoms with Crippen molar-refractivity contribution < 1.29 is 40.6 Å². The van der Waals surface area contributed by atoms with Gasteiger partial charge in [-0.15, -0.1) is 0 Å². The van der Waals surface area contributed by atoms with Crippen LogP contribution in [0.15, 0.2) is 14.4 Å². The summed E-state index contributed by atoms with van der Waals surface area (Å²) in [4.78, 5) is 50.1. The van der Waals surface area contributed by atoms with E-state index in [-0.39, 0.29) is 35.7 Å². The average Bonchev–Trinajstić information content (AvgIpc) is 1.96. The zero-order valence-corrected chi connectivity index (χ0v) is 9.49. The van der Waals surface area contributed by atoms with Crippen LogP contribution in [-0.4, -0.2) is 20.7 Å². The van der Waals surface area contributed by atoms with Crippen LogP contribution in [0.2, 0.25) is 0 Å². The van der Waals surface area contributed by atoms with Crippen LogP contribution in [0.5, 0.6) is 0 Å². The molecule has 0 amide bonds. The van der Waals surface area contributed by atoms with E-state index in [1.807, 2.05) is 0 Å². The summed E-state index contributed by atoms with van der Waals surface area (Å²) in [5.41, 5.74) is -3.17. The number of aromatic amines is 2. The topological polar surface area (TPSA) is 114 Å². The van der Waals surface area contributed by atoms with Crippen molar-refractivity contribution in [3.63, 3.8) is 0 Å². The van der Waals surface area contributed by atoms with Crippen molar-refractivity contribution in [3.05, 3.63) is 31.5 Å². The zero-order valence-electron chi connectivity index (χ0n) is 8.49. The molecule has 0 atom stereocenters. The van der Waals surface area contributed by atoms with Crippen LogP contribution in [0.4, 0.5) is 0 Å². The van der Waals surface area contributed by atoms with Gasteiger partial charge < -0.3 is 6.26 Å². The first-order chi connectivity index (χ1) is 6.00. The molecule has 0 aliphatic rings. The molecule has 0 saturated heterocycles. The Morgan fingerprint density at radius 3 is 2.07 bits per heavy atom. The summed E-state index contributed by atoms with van der Waals surface area (Å²) in [5, 5.41) is 0. The van der Waals surface area contributed by atoms with Crippen molar-refractivity contribution in [3.8, 4) is 0 Å². The van der Waals surface area contributed by atoms with E-state index in [2.05, 4.69) is 4.84 Å². The number of H-pyrrole nitrogens is 2. The van der Waals surface area contributed by atoms with Gasteiger partial charge in [-0.25, -0.2) is 19.2 Å². The molecule has 0 fully saturated rings. The Morgan fingerprint density at radius 2 is 1.71 bits per heavy atom. The number of hydrogen-bond acceptors (Lipinski definition) is 5. The molecule has 0 aliphatic heterocycles. The molecular formula is C5H6N3NaO5. The largest absolute Gasteiger partial charge is 1.00 e. The number of nitrogens with zero attached hydrogens (tertiary/aromatic N) is 1. The maximum Gasteiger partial charge on any atom is 1.00 e. The van der Waals surface area contributed by atoms with Gasteiger partial charge in [-0.05, 0) is 0 Å². The molecule has 1 aromatic rings. The molecule has 0 aliphatic carbocycles. The van der Waals surface area contributed by atoms with Crippen LogP contribution in [0, 0.1) is 0 Å². The fourth-order valence-corrected chi connectivity index (χ4v) is 0.631. The van der Waals surface area contributed by atoms with E-state index in [1.54, 1.807) is 9.97 Å². The number of carbonyl (C=O) groups excluding carboxylic acids is 1. The van der Waals surface area contributed by atoms with Gasteiger partial charge in [-0.2, -0.15) is 0 Å². The Hall–Kier alpha value is -1.12. The molecule has 0 aromatic carbocycles. The van der Waals surface area contributed by atoms with E-state index in [1.165, 1.54) is 0 Å². The number of aromatic nitrogens is 3. The summed E-state index contributed by atoms with van der Waals surface area (Å²) in [6.07, 6.45) is 0. The monoisotopic (exact) mass is 211 g/mol. The minimum Gasteiger partial charge on any atom is -1.00 e. The molecular weight excluding hydrogens is 205 g/mol. The molecule has 72 valence electrons. The first kappa shape index (κ1) is 12.9. The van der Waals surface area contributed by atoms with Crippen molar-refractivity contribution in [2.45, 2.75) is 6.92 Å². The molecule has 1 aromatic heterocycles. The second-order valence-corrected chi connectivity index (χ2v) is 2.07. The SMILES string of the molecule is CC(=O)On1c(=O)[nH]c(=O)[nH]c1=O.[H-].[Na+]. The first-order valence-electron chi connectivity index (χ1n) is 3.15. The minimum absolute atomic E-state index is 0. The summed E-state index contributed by atoms with van der Waals surface area (Å²) in [5.74, 6) is -0.848. The molecule has 14 heavy (non-hydrogen) atoms. The van der Waals surface area contributed by atoms with Crippen LogP contribution in [-0.2, 0) is 4.79 Å². The number of carbonyl (C=O) groups is 1. The third-order valence-corrected chi connectivity index (χ3v) is 1.03. The predicted molar refractivity (Wildman–Crippen MR) is 40.3 cm³/mol. The van der Waals surface area contributed by atoms with E-state index in [4.69, 9.17) is 0 Å². The van der Waals surface area contributed by atoms with Gasteiger partial charge in [-0.1, -0.05) is 4.73 Å². The maximum atomic E-state index is 10.8. The second kappa shape index (κ2) is 4.94. The normalized spacial score (nSPS) is 8.93. The van der Waals surface area contributed by atoms with Crippen molar-refractivity contribution in [2.24, 2.45) is 0 Å². The molecule has 1 heterocycles. The summed E-state index contributed by atoms with van der Waals surface area (Å²) in [6, 6.07) is 0. The molecule has 0 radical (unpaired) electrons. The van der Waals surface area contributed by atoms with E-state index >= 15 is 0 Å². The van der Waals surface area contributed by atoms with Crippen LogP contribution < -0.4 is 51.5 Å². The minimum atomic E-state index is -1.11. The van der Waals surface area contributed by atoms with Crippen molar-refractivity contribution in [1.29, 1.82) is 0 Å². The smallest absolute Gasteiger partial charge is 1.00 e. The molecule has 8 nitrogen and oxygen atoms in total. The molecule has 1 rings (SSSR count). The van der Waals surface area contributed by atoms with Gasteiger partial charge in [0, 0.05) is 6.92 Å². The molecule has 0 unspecified atom stereocenters. The third kappa shape index (κ3) is 2.98. The summed E-state index contributed by atoms with van der Waals surface area (Å²) < 4.78 is 0.115. The van der Waals surface area contributed by atoms with Gasteiger partial charge in [0.25, 0.3) is 0 Å². The number of nitrogens with one attached hydrogen (secondary N) is 2. The third-order valence-electron chi connectivity index (χ3n) is 1.03. The van der Waals surface area contributed by atoms with Crippen molar-refractivity contribution in [1.82, 2.24) is 14.7 Å². The van der Waals surface area contributed by atoms with Gasteiger partial charge in [0.1, 0.15) is 0 Å². The van der Waals surface area contributed by atoms with Crippen LogP contribution in [0.25, 0.3) is 0 Å². The molecule has 2 N–H and O–H groups in total. The van der Waals surface area contributed by atoms with Gasteiger partial charge in [0.05, 0.1) is 0 Å². The van der Waals surface area contributed by atoms with Crippen LogP contribution >= 0.6 is 0 Å². The number of hydrogen-bond donors (Lipinski definition) is 2.